The number of hydrogen-bond acceptors (Lipinski definition) is 6. The predicted molar refractivity (Wildman–Crippen MR) is 145 cm³/mol. The van der Waals surface area contributed by atoms with Crippen LogP contribution in [-0.2, 0) is 23.9 Å². The molecule has 1 N–H and O–H groups in total. The minimum Gasteiger partial charge on any atom is -0.466 e. The van der Waals surface area contributed by atoms with Crippen molar-refractivity contribution in [3.8, 4) is 12.3 Å². The summed E-state index contributed by atoms with van der Waals surface area (Å²) in [5, 5.41) is 2.78. The van der Waals surface area contributed by atoms with Crippen LogP contribution in [0.15, 0.2) is 0 Å². The van der Waals surface area contributed by atoms with Crippen LogP contribution < -0.4 is 5.32 Å². The number of likely N-dealkylation sites (tertiary alicyclic amines) is 2. The van der Waals surface area contributed by atoms with E-state index in [2.05, 4.69) is 11.2 Å². The largest absolute Gasteiger partial charge is 0.466 e. The van der Waals surface area contributed by atoms with Crippen molar-refractivity contribution in [2.24, 2.45) is 17.8 Å². The molecule has 9 nitrogen and oxygen atoms in total. The summed E-state index contributed by atoms with van der Waals surface area (Å²) in [5.41, 5.74) is -0.510. The van der Waals surface area contributed by atoms with Crippen molar-refractivity contribution in [2.75, 3.05) is 32.8 Å². The van der Waals surface area contributed by atoms with Gasteiger partial charge in [-0.2, -0.15) is 0 Å². The number of terminal acetylenes is 1. The number of amides is 3. The number of esters is 1. The van der Waals surface area contributed by atoms with Crippen LogP contribution in [0.3, 0.4) is 0 Å². The van der Waals surface area contributed by atoms with Crippen LogP contribution in [0.2, 0.25) is 0 Å². The molecule has 0 aromatic rings. The van der Waals surface area contributed by atoms with Crippen LogP contribution in [0.25, 0.3) is 0 Å². The Bertz CT molecular complexity index is 851. The number of carbonyl (C=O) groups is 4. The van der Waals surface area contributed by atoms with Crippen molar-refractivity contribution in [1.82, 2.24) is 15.1 Å². The highest BCUT2D eigenvalue weighted by molar-refractivity contribution is 5.82. The van der Waals surface area contributed by atoms with E-state index in [-0.39, 0.29) is 30.2 Å². The third-order valence-corrected chi connectivity index (χ3v) is 7.02. The molecule has 9 heteroatoms. The summed E-state index contributed by atoms with van der Waals surface area (Å²) in [5.74, 6) is 2.34. The zero-order valence-electron chi connectivity index (χ0n) is 23.9. The van der Waals surface area contributed by atoms with Crippen LogP contribution in [0, 0.1) is 30.1 Å². The first-order valence-electron chi connectivity index (χ1n) is 14.1. The van der Waals surface area contributed by atoms with Gasteiger partial charge in [-0.3, -0.25) is 14.4 Å². The monoisotopic (exact) mass is 533 g/mol. The molecular formula is C29H47N3O6. The first kappa shape index (κ1) is 31.5. The lowest BCUT2D eigenvalue weighted by Gasteiger charge is -2.34. The maximum atomic E-state index is 12.9. The van der Waals surface area contributed by atoms with Gasteiger partial charge in [0.2, 0.25) is 11.8 Å². The second kappa shape index (κ2) is 15.0. The Hall–Kier alpha value is -2.76. The Kier molecular flexibility index (Phi) is 12.4. The Labute approximate surface area is 228 Å². The molecule has 2 aliphatic rings. The van der Waals surface area contributed by atoms with E-state index in [1.165, 1.54) is 0 Å². The Morgan fingerprint density at radius 1 is 1.05 bits per heavy atom. The van der Waals surface area contributed by atoms with Gasteiger partial charge in [-0.25, -0.2) is 4.79 Å². The van der Waals surface area contributed by atoms with Crippen molar-refractivity contribution >= 4 is 23.9 Å². The molecule has 3 amide bonds. The molecule has 38 heavy (non-hydrogen) atoms. The molecule has 0 aliphatic carbocycles. The number of nitrogens with one attached hydrogen (secondary N) is 1. The second-order valence-electron chi connectivity index (χ2n) is 12.0. The van der Waals surface area contributed by atoms with Gasteiger partial charge in [0.25, 0.3) is 0 Å². The van der Waals surface area contributed by atoms with Crippen molar-refractivity contribution in [2.45, 2.75) is 97.6 Å². The standard InChI is InChI=1S/C29H47N3O6/c1-7-24(19-26(34)37-18-14-21(2)3)30-27(35)23-9-8-15-32(20-23)25(33)11-10-22-12-16-31(17-13-22)28(36)38-29(4,5)6/h1,21-24H,8-20H2,2-6H3,(H,30,35)/t23-,24?/m1/s1. The van der Waals surface area contributed by atoms with Gasteiger partial charge in [0.05, 0.1) is 18.9 Å². The van der Waals surface area contributed by atoms with Crippen molar-refractivity contribution in [3.63, 3.8) is 0 Å². The number of hydrogen-bond donors (Lipinski definition) is 1. The van der Waals surface area contributed by atoms with E-state index < -0.39 is 17.6 Å². The van der Waals surface area contributed by atoms with E-state index in [0.717, 1.165) is 32.1 Å². The number of piperidine rings is 2. The average molecular weight is 534 g/mol. The minimum atomic E-state index is -0.730. The molecule has 0 radical (unpaired) electrons. The Morgan fingerprint density at radius 2 is 1.74 bits per heavy atom. The molecule has 0 spiro atoms. The van der Waals surface area contributed by atoms with Gasteiger partial charge in [0.1, 0.15) is 11.6 Å². The number of ether oxygens (including phenoxy) is 2. The van der Waals surface area contributed by atoms with Crippen LogP contribution >= 0.6 is 0 Å². The molecule has 2 heterocycles. The quantitative estimate of drug-likeness (QED) is 0.339. The lowest BCUT2D eigenvalue weighted by Crippen LogP contribution is -2.48. The van der Waals surface area contributed by atoms with Gasteiger partial charge in [-0.1, -0.05) is 19.8 Å². The summed E-state index contributed by atoms with van der Waals surface area (Å²) in [4.78, 5) is 53.6. The lowest BCUT2D eigenvalue weighted by atomic mass is 9.91. The fraction of sp³-hybridized carbons (Fsp3) is 0.793. The van der Waals surface area contributed by atoms with Crippen LogP contribution in [0.4, 0.5) is 4.79 Å². The van der Waals surface area contributed by atoms with Gasteiger partial charge in [0.15, 0.2) is 0 Å². The highest BCUT2D eigenvalue weighted by Crippen LogP contribution is 2.25. The summed E-state index contributed by atoms with van der Waals surface area (Å²) in [7, 11) is 0. The maximum absolute atomic E-state index is 12.9. The molecule has 2 rings (SSSR count). The van der Waals surface area contributed by atoms with E-state index >= 15 is 0 Å². The summed E-state index contributed by atoms with van der Waals surface area (Å²) < 4.78 is 10.7. The molecule has 2 saturated heterocycles. The van der Waals surface area contributed by atoms with E-state index in [4.69, 9.17) is 15.9 Å². The molecule has 0 bridgehead atoms. The van der Waals surface area contributed by atoms with E-state index in [1.807, 2.05) is 34.6 Å². The first-order chi connectivity index (χ1) is 17.9. The number of carbonyl (C=O) groups excluding carboxylic acids is 4. The Balaban J connectivity index is 1.73. The SMILES string of the molecule is C#CC(CC(=O)OCCC(C)C)NC(=O)[C@@H]1CCCN(C(=O)CCC2CCN(C(=O)OC(C)(C)C)CC2)C1. The summed E-state index contributed by atoms with van der Waals surface area (Å²) in [6.07, 6.45) is 10.3. The van der Waals surface area contributed by atoms with Gasteiger partial charge in [0, 0.05) is 32.6 Å². The van der Waals surface area contributed by atoms with Crippen molar-refractivity contribution in [1.29, 1.82) is 0 Å². The summed E-state index contributed by atoms with van der Waals surface area (Å²) in [6.45, 7) is 12.3. The maximum Gasteiger partial charge on any atom is 0.410 e. The second-order valence-corrected chi connectivity index (χ2v) is 12.0. The van der Waals surface area contributed by atoms with Gasteiger partial charge in [-0.05, 0) is 71.1 Å². The van der Waals surface area contributed by atoms with Gasteiger partial charge in [-0.15, -0.1) is 6.42 Å². The number of rotatable bonds is 10. The van der Waals surface area contributed by atoms with Crippen molar-refractivity contribution < 1.29 is 28.7 Å². The zero-order valence-corrected chi connectivity index (χ0v) is 23.9. The molecule has 2 atom stereocenters. The first-order valence-corrected chi connectivity index (χ1v) is 14.1. The molecule has 0 saturated carbocycles. The molecule has 2 aliphatic heterocycles. The molecule has 214 valence electrons. The van der Waals surface area contributed by atoms with Crippen LogP contribution in [-0.4, -0.2) is 78.1 Å². The highest BCUT2D eigenvalue weighted by Gasteiger charge is 2.31. The topological polar surface area (TPSA) is 105 Å². The smallest absolute Gasteiger partial charge is 0.410 e. The lowest BCUT2D eigenvalue weighted by molar-refractivity contribution is -0.144. The molecule has 0 aromatic heterocycles. The van der Waals surface area contributed by atoms with Crippen LogP contribution in [0.1, 0.15) is 86.0 Å². The zero-order chi connectivity index (χ0) is 28.3. The normalized spacial score (nSPS) is 19.4. The third-order valence-electron chi connectivity index (χ3n) is 7.02. The predicted octanol–water partition coefficient (Wildman–Crippen LogP) is 3.75. The Morgan fingerprint density at radius 3 is 2.34 bits per heavy atom. The molecule has 1 unspecified atom stereocenters. The van der Waals surface area contributed by atoms with Crippen molar-refractivity contribution in [3.05, 3.63) is 0 Å². The van der Waals surface area contributed by atoms with E-state index in [1.54, 1.807) is 9.80 Å². The molecule has 2 fully saturated rings. The van der Waals surface area contributed by atoms with Crippen LogP contribution in [0.5, 0.6) is 0 Å². The number of nitrogens with zero attached hydrogens (tertiary/aromatic N) is 2. The van der Waals surface area contributed by atoms with Gasteiger partial charge < -0.3 is 24.6 Å². The summed E-state index contributed by atoms with van der Waals surface area (Å²) >= 11 is 0. The molecular weight excluding hydrogens is 486 g/mol. The summed E-state index contributed by atoms with van der Waals surface area (Å²) in [6, 6.07) is -0.730. The fourth-order valence-electron chi connectivity index (χ4n) is 4.71. The average Bonchev–Trinajstić information content (AvgIpc) is 2.85. The fourth-order valence-corrected chi connectivity index (χ4v) is 4.71. The van der Waals surface area contributed by atoms with E-state index in [9.17, 15) is 19.2 Å². The highest BCUT2D eigenvalue weighted by atomic mass is 16.6. The minimum absolute atomic E-state index is 0.0549. The third kappa shape index (κ3) is 11.3. The van der Waals surface area contributed by atoms with E-state index in [0.29, 0.717) is 57.5 Å². The molecule has 0 aromatic carbocycles. The van der Waals surface area contributed by atoms with Gasteiger partial charge >= 0.3 is 12.1 Å².